The van der Waals surface area contributed by atoms with Crippen molar-refractivity contribution in [3.05, 3.63) is 29.1 Å². The molecule has 5 heteroatoms. The van der Waals surface area contributed by atoms with E-state index in [1.54, 1.807) is 0 Å². The number of hydrogen-bond acceptors (Lipinski definition) is 2. The predicted octanol–water partition coefficient (Wildman–Crippen LogP) is 3.50. The number of ether oxygens (including phenoxy) is 1. The summed E-state index contributed by atoms with van der Waals surface area (Å²) in [6.07, 6.45) is 0.444. The fourth-order valence-corrected chi connectivity index (χ4v) is 2.59. The number of halogens is 3. The van der Waals surface area contributed by atoms with Gasteiger partial charge in [-0.05, 0) is 25.0 Å². The number of rotatable bonds is 3. The number of alkyl halides is 2. The standard InChI is InChI=1S/C13H16F3NO/c1-18-11-9(13(17)4-2-3-5-13)6-8(12(15)16)7-10(11)14/h6-7,12H,2-5,17H2,1H3. The molecular weight excluding hydrogens is 243 g/mol. The summed E-state index contributed by atoms with van der Waals surface area (Å²) in [5.41, 5.74) is 5.46. The maximum Gasteiger partial charge on any atom is 0.263 e. The first kappa shape index (κ1) is 13.2. The Bertz CT molecular complexity index is 442. The quantitative estimate of drug-likeness (QED) is 0.901. The highest BCUT2D eigenvalue weighted by molar-refractivity contribution is 5.44. The van der Waals surface area contributed by atoms with E-state index in [9.17, 15) is 13.2 Å². The van der Waals surface area contributed by atoms with Crippen LogP contribution in [0.3, 0.4) is 0 Å². The monoisotopic (exact) mass is 259 g/mol. The Labute approximate surface area is 104 Å². The van der Waals surface area contributed by atoms with Crippen LogP contribution in [0.15, 0.2) is 12.1 Å². The van der Waals surface area contributed by atoms with Crippen LogP contribution in [0.25, 0.3) is 0 Å². The molecule has 0 heterocycles. The van der Waals surface area contributed by atoms with Crippen LogP contribution < -0.4 is 10.5 Å². The molecule has 2 nitrogen and oxygen atoms in total. The van der Waals surface area contributed by atoms with Gasteiger partial charge >= 0.3 is 0 Å². The van der Waals surface area contributed by atoms with E-state index in [4.69, 9.17) is 10.5 Å². The molecule has 0 radical (unpaired) electrons. The van der Waals surface area contributed by atoms with E-state index in [0.29, 0.717) is 18.4 Å². The van der Waals surface area contributed by atoms with E-state index in [1.165, 1.54) is 13.2 Å². The molecule has 1 saturated carbocycles. The minimum atomic E-state index is -2.71. The maximum absolute atomic E-state index is 13.8. The van der Waals surface area contributed by atoms with Gasteiger partial charge in [0, 0.05) is 16.7 Å². The van der Waals surface area contributed by atoms with Gasteiger partial charge in [0.05, 0.1) is 7.11 Å². The molecule has 1 aliphatic carbocycles. The first-order valence-corrected chi connectivity index (χ1v) is 5.93. The van der Waals surface area contributed by atoms with Crippen LogP contribution in [0.2, 0.25) is 0 Å². The molecule has 0 unspecified atom stereocenters. The van der Waals surface area contributed by atoms with Crippen molar-refractivity contribution in [3.8, 4) is 5.75 Å². The molecule has 100 valence electrons. The Balaban J connectivity index is 2.55. The fraction of sp³-hybridized carbons (Fsp3) is 0.538. The van der Waals surface area contributed by atoms with Crippen LogP contribution >= 0.6 is 0 Å². The Kier molecular flexibility index (Phi) is 3.52. The van der Waals surface area contributed by atoms with Gasteiger partial charge in [0.1, 0.15) is 0 Å². The average molecular weight is 259 g/mol. The molecule has 0 saturated heterocycles. The molecule has 0 bridgehead atoms. The Hall–Kier alpha value is -1.23. The summed E-state index contributed by atoms with van der Waals surface area (Å²) in [4.78, 5) is 0. The second-order valence-corrected chi connectivity index (χ2v) is 4.75. The van der Waals surface area contributed by atoms with Crippen molar-refractivity contribution in [2.75, 3.05) is 7.11 Å². The molecule has 1 aromatic carbocycles. The molecule has 0 aromatic heterocycles. The third-order valence-electron chi connectivity index (χ3n) is 3.55. The van der Waals surface area contributed by atoms with E-state index in [2.05, 4.69) is 0 Å². The van der Waals surface area contributed by atoms with Crippen molar-refractivity contribution in [2.24, 2.45) is 5.73 Å². The highest BCUT2D eigenvalue weighted by atomic mass is 19.3. The number of benzene rings is 1. The Morgan fingerprint density at radius 3 is 2.39 bits per heavy atom. The minimum Gasteiger partial charge on any atom is -0.493 e. The largest absolute Gasteiger partial charge is 0.493 e. The summed E-state index contributed by atoms with van der Waals surface area (Å²) in [5, 5.41) is 0. The van der Waals surface area contributed by atoms with Crippen molar-refractivity contribution in [1.29, 1.82) is 0 Å². The topological polar surface area (TPSA) is 35.2 Å². The smallest absolute Gasteiger partial charge is 0.263 e. The third-order valence-corrected chi connectivity index (χ3v) is 3.55. The number of nitrogens with two attached hydrogens (primary N) is 1. The zero-order valence-corrected chi connectivity index (χ0v) is 10.2. The van der Waals surface area contributed by atoms with Crippen molar-refractivity contribution in [2.45, 2.75) is 37.6 Å². The van der Waals surface area contributed by atoms with Gasteiger partial charge in [-0.2, -0.15) is 0 Å². The van der Waals surface area contributed by atoms with Gasteiger partial charge in [-0.3, -0.25) is 0 Å². The SMILES string of the molecule is COc1c(F)cc(C(F)F)cc1C1(N)CCCC1. The van der Waals surface area contributed by atoms with Crippen LogP contribution in [0.4, 0.5) is 13.2 Å². The van der Waals surface area contributed by atoms with Crippen molar-refractivity contribution < 1.29 is 17.9 Å². The zero-order chi connectivity index (χ0) is 13.3. The molecule has 0 atom stereocenters. The molecular formula is C13H16F3NO. The number of hydrogen-bond donors (Lipinski definition) is 1. The summed E-state index contributed by atoms with van der Waals surface area (Å²) in [6, 6.07) is 2.09. The number of methoxy groups -OCH3 is 1. The van der Waals surface area contributed by atoms with E-state index < -0.39 is 17.8 Å². The van der Waals surface area contributed by atoms with Crippen molar-refractivity contribution in [1.82, 2.24) is 0 Å². The lowest BCUT2D eigenvalue weighted by Gasteiger charge is -2.27. The molecule has 18 heavy (non-hydrogen) atoms. The lowest BCUT2D eigenvalue weighted by atomic mass is 9.87. The van der Waals surface area contributed by atoms with Gasteiger partial charge in [0.25, 0.3) is 6.43 Å². The van der Waals surface area contributed by atoms with Crippen molar-refractivity contribution >= 4 is 0 Å². The van der Waals surface area contributed by atoms with Crippen LogP contribution in [0, 0.1) is 5.82 Å². The first-order valence-electron chi connectivity index (χ1n) is 5.93. The second kappa shape index (κ2) is 4.80. The third kappa shape index (κ3) is 2.19. The van der Waals surface area contributed by atoms with Crippen molar-refractivity contribution in [3.63, 3.8) is 0 Å². The van der Waals surface area contributed by atoms with Gasteiger partial charge in [-0.1, -0.05) is 12.8 Å². The molecule has 1 aliphatic rings. The van der Waals surface area contributed by atoms with Gasteiger partial charge in [0.2, 0.25) is 0 Å². The summed E-state index contributed by atoms with van der Waals surface area (Å²) in [6.45, 7) is 0. The van der Waals surface area contributed by atoms with E-state index >= 15 is 0 Å². The van der Waals surface area contributed by atoms with Gasteiger partial charge in [0.15, 0.2) is 11.6 Å². The molecule has 1 fully saturated rings. The van der Waals surface area contributed by atoms with Crippen LogP contribution in [0.5, 0.6) is 5.75 Å². The molecule has 0 spiro atoms. The summed E-state index contributed by atoms with van der Waals surface area (Å²) in [7, 11) is 1.32. The van der Waals surface area contributed by atoms with E-state index in [1.807, 2.05) is 0 Å². The minimum absolute atomic E-state index is 0.0104. The lowest BCUT2D eigenvalue weighted by Crippen LogP contribution is -2.34. The van der Waals surface area contributed by atoms with Crippen LogP contribution in [-0.4, -0.2) is 7.11 Å². The highest BCUT2D eigenvalue weighted by Gasteiger charge is 2.35. The zero-order valence-electron chi connectivity index (χ0n) is 10.2. The molecule has 0 amide bonds. The summed E-state index contributed by atoms with van der Waals surface area (Å²) in [5.74, 6) is -0.786. The average Bonchev–Trinajstić information content (AvgIpc) is 2.76. The second-order valence-electron chi connectivity index (χ2n) is 4.75. The summed E-state index contributed by atoms with van der Waals surface area (Å²) >= 11 is 0. The molecule has 1 aromatic rings. The first-order chi connectivity index (χ1) is 8.48. The normalized spacial score (nSPS) is 18.3. The Morgan fingerprint density at radius 1 is 1.28 bits per heavy atom. The highest BCUT2D eigenvalue weighted by Crippen LogP contribution is 2.43. The Morgan fingerprint density at radius 2 is 1.89 bits per heavy atom. The van der Waals surface area contributed by atoms with E-state index in [0.717, 1.165) is 18.9 Å². The molecule has 2 rings (SSSR count). The molecule has 0 aliphatic heterocycles. The van der Waals surface area contributed by atoms with Gasteiger partial charge in [-0.15, -0.1) is 0 Å². The lowest BCUT2D eigenvalue weighted by molar-refractivity contribution is 0.150. The maximum atomic E-state index is 13.8. The van der Waals surface area contributed by atoms with Crippen LogP contribution in [-0.2, 0) is 5.54 Å². The summed E-state index contributed by atoms with van der Waals surface area (Å²) < 4.78 is 44.2. The fourth-order valence-electron chi connectivity index (χ4n) is 2.59. The molecule has 2 N–H and O–H groups in total. The van der Waals surface area contributed by atoms with Gasteiger partial charge < -0.3 is 10.5 Å². The van der Waals surface area contributed by atoms with E-state index in [-0.39, 0.29) is 11.3 Å². The van der Waals surface area contributed by atoms with Gasteiger partial charge in [-0.25, -0.2) is 13.2 Å². The van der Waals surface area contributed by atoms with Crippen LogP contribution in [0.1, 0.15) is 43.2 Å². The predicted molar refractivity (Wildman–Crippen MR) is 62.2 cm³/mol.